The molecule has 1 aliphatic carbocycles. The lowest BCUT2D eigenvalue weighted by molar-refractivity contribution is -0.120. The summed E-state index contributed by atoms with van der Waals surface area (Å²) in [4.78, 5) is 5.59. The maximum absolute atomic E-state index is 12.6. The van der Waals surface area contributed by atoms with Crippen LogP contribution in [-0.4, -0.2) is 30.3 Å². The summed E-state index contributed by atoms with van der Waals surface area (Å²) in [6.07, 6.45) is -0.270. The van der Waals surface area contributed by atoms with Crippen LogP contribution >= 0.6 is 0 Å². The van der Waals surface area contributed by atoms with Gasteiger partial charge in [-0.2, -0.15) is 13.2 Å². The molecule has 0 bridgehead atoms. The Bertz CT molecular complexity index is 441. The molecule has 0 radical (unpaired) electrons. The van der Waals surface area contributed by atoms with E-state index in [4.69, 9.17) is 5.73 Å². The zero-order valence-corrected chi connectivity index (χ0v) is 10.9. The van der Waals surface area contributed by atoms with Crippen molar-refractivity contribution in [3.63, 3.8) is 0 Å². The van der Waals surface area contributed by atoms with E-state index in [9.17, 15) is 13.2 Å². The number of aryl methyl sites for hydroxylation is 1. The van der Waals surface area contributed by atoms with Crippen molar-refractivity contribution < 1.29 is 13.2 Å². The monoisotopic (exact) mass is 273 g/mol. The molecular weight excluding hydrogens is 255 g/mol. The molecule has 3 nitrogen and oxygen atoms in total. The minimum atomic E-state index is -4.20. The predicted molar refractivity (Wildman–Crippen MR) is 68.2 cm³/mol. The fraction of sp³-hybridized carbons (Fsp3) is 0.615. The fourth-order valence-electron chi connectivity index (χ4n) is 2.19. The first-order valence-corrected chi connectivity index (χ1v) is 6.39. The lowest BCUT2D eigenvalue weighted by Crippen LogP contribution is -2.37. The third-order valence-corrected chi connectivity index (χ3v) is 3.15. The molecular formula is C13H18F3N3. The van der Waals surface area contributed by atoms with E-state index in [1.807, 2.05) is 6.07 Å². The number of pyridine rings is 1. The van der Waals surface area contributed by atoms with Crippen LogP contribution in [-0.2, 0) is 6.42 Å². The van der Waals surface area contributed by atoms with Crippen LogP contribution in [0.5, 0.6) is 0 Å². The van der Waals surface area contributed by atoms with Gasteiger partial charge in [-0.05, 0) is 43.9 Å². The van der Waals surface area contributed by atoms with Crippen molar-refractivity contribution >= 4 is 5.82 Å². The van der Waals surface area contributed by atoms with Gasteiger partial charge in [-0.25, -0.2) is 4.98 Å². The second-order valence-electron chi connectivity index (χ2n) is 5.00. The average molecular weight is 273 g/mol. The van der Waals surface area contributed by atoms with E-state index in [-0.39, 0.29) is 6.04 Å². The van der Waals surface area contributed by atoms with Crippen LogP contribution in [0.15, 0.2) is 12.3 Å². The number of nitrogens with zero attached hydrogens (tertiary/aromatic N) is 2. The molecule has 0 spiro atoms. The Morgan fingerprint density at radius 3 is 2.58 bits per heavy atom. The number of hydrogen-bond donors (Lipinski definition) is 1. The summed E-state index contributed by atoms with van der Waals surface area (Å²) >= 11 is 0. The molecule has 0 aromatic carbocycles. The number of aromatic nitrogens is 1. The summed E-state index contributed by atoms with van der Waals surface area (Å²) in [5.74, 6) is 0.445. The van der Waals surface area contributed by atoms with E-state index < -0.39 is 12.7 Å². The van der Waals surface area contributed by atoms with Gasteiger partial charge in [0, 0.05) is 12.2 Å². The first kappa shape index (κ1) is 14.1. The molecule has 19 heavy (non-hydrogen) atoms. The molecule has 1 heterocycles. The fourth-order valence-corrected chi connectivity index (χ4v) is 2.19. The summed E-state index contributed by atoms with van der Waals surface area (Å²) in [6, 6.07) is 1.86. The zero-order chi connectivity index (χ0) is 14.0. The van der Waals surface area contributed by atoms with Crippen molar-refractivity contribution in [2.24, 2.45) is 5.73 Å². The Morgan fingerprint density at radius 2 is 2.11 bits per heavy atom. The summed E-state index contributed by atoms with van der Waals surface area (Å²) in [7, 11) is 0. The number of rotatable bonds is 5. The number of halogens is 3. The Kier molecular flexibility index (Phi) is 3.99. The smallest absolute Gasteiger partial charge is 0.344 e. The summed E-state index contributed by atoms with van der Waals surface area (Å²) in [5, 5.41) is 0. The zero-order valence-electron chi connectivity index (χ0n) is 10.9. The maximum atomic E-state index is 12.6. The second kappa shape index (κ2) is 5.36. The van der Waals surface area contributed by atoms with Crippen LogP contribution in [0, 0.1) is 6.92 Å². The minimum absolute atomic E-state index is 0.0202. The van der Waals surface area contributed by atoms with E-state index in [0.717, 1.165) is 24.0 Å². The molecule has 0 aliphatic heterocycles. The van der Waals surface area contributed by atoms with Gasteiger partial charge in [-0.15, -0.1) is 0 Å². The lowest BCUT2D eigenvalue weighted by atomic mass is 10.1. The molecule has 2 N–H and O–H groups in total. The quantitative estimate of drug-likeness (QED) is 0.896. The molecule has 1 saturated carbocycles. The SMILES string of the molecule is Cc1cc(CCN)cnc1N(CC(F)(F)F)C1CC1. The van der Waals surface area contributed by atoms with Crippen LogP contribution in [0.1, 0.15) is 24.0 Å². The van der Waals surface area contributed by atoms with E-state index in [2.05, 4.69) is 4.98 Å². The third-order valence-electron chi connectivity index (χ3n) is 3.15. The molecule has 1 aliphatic rings. The van der Waals surface area contributed by atoms with E-state index in [0.29, 0.717) is 18.8 Å². The van der Waals surface area contributed by atoms with Crippen molar-refractivity contribution in [2.45, 2.75) is 38.4 Å². The van der Waals surface area contributed by atoms with Gasteiger partial charge >= 0.3 is 6.18 Å². The first-order chi connectivity index (χ1) is 8.90. The van der Waals surface area contributed by atoms with Crippen molar-refractivity contribution in [1.29, 1.82) is 0 Å². The van der Waals surface area contributed by atoms with Crippen LogP contribution in [0.3, 0.4) is 0 Å². The number of alkyl halides is 3. The first-order valence-electron chi connectivity index (χ1n) is 6.39. The Labute approximate surface area is 110 Å². The highest BCUT2D eigenvalue weighted by atomic mass is 19.4. The second-order valence-corrected chi connectivity index (χ2v) is 5.00. The number of hydrogen-bond acceptors (Lipinski definition) is 3. The number of nitrogens with two attached hydrogens (primary N) is 1. The van der Waals surface area contributed by atoms with Gasteiger partial charge in [0.2, 0.25) is 0 Å². The molecule has 0 amide bonds. The van der Waals surface area contributed by atoms with Gasteiger partial charge in [0.05, 0.1) is 0 Å². The van der Waals surface area contributed by atoms with E-state index >= 15 is 0 Å². The van der Waals surface area contributed by atoms with Crippen molar-refractivity contribution in [3.8, 4) is 0 Å². The Hall–Kier alpha value is -1.30. The summed E-state index contributed by atoms with van der Waals surface area (Å²) in [5.41, 5.74) is 7.21. The average Bonchev–Trinajstić information content (AvgIpc) is 3.09. The molecule has 6 heteroatoms. The van der Waals surface area contributed by atoms with Crippen molar-refractivity contribution in [1.82, 2.24) is 4.98 Å². The standard InChI is InChI=1S/C13H18F3N3/c1-9-6-10(4-5-17)7-18-12(9)19(11-2-3-11)8-13(14,15)16/h6-7,11H,2-5,8,17H2,1H3. The number of anilines is 1. The molecule has 0 atom stereocenters. The highest BCUT2D eigenvalue weighted by Crippen LogP contribution is 2.34. The third kappa shape index (κ3) is 3.83. The molecule has 2 rings (SSSR count). The van der Waals surface area contributed by atoms with Crippen LogP contribution in [0.2, 0.25) is 0 Å². The summed E-state index contributed by atoms with van der Waals surface area (Å²) < 4.78 is 37.9. The van der Waals surface area contributed by atoms with Gasteiger partial charge in [-0.1, -0.05) is 6.07 Å². The van der Waals surface area contributed by atoms with Gasteiger partial charge < -0.3 is 10.6 Å². The highest BCUT2D eigenvalue weighted by Gasteiger charge is 2.39. The summed E-state index contributed by atoms with van der Waals surface area (Å²) in [6.45, 7) is 1.38. The van der Waals surface area contributed by atoms with E-state index in [1.54, 1.807) is 13.1 Å². The Morgan fingerprint density at radius 1 is 1.42 bits per heavy atom. The van der Waals surface area contributed by atoms with E-state index in [1.165, 1.54) is 4.90 Å². The molecule has 1 fully saturated rings. The molecule has 0 saturated heterocycles. The van der Waals surface area contributed by atoms with Crippen LogP contribution < -0.4 is 10.6 Å². The van der Waals surface area contributed by atoms with Gasteiger partial charge in [0.15, 0.2) is 0 Å². The highest BCUT2D eigenvalue weighted by molar-refractivity contribution is 5.49. The minimum Gasteiger partial charge on any atom is -0.344 e. The van der Waals surface area contributed by atoms with Gasteiger partial charge in [-0.3, -0.25) is 0 Å². The van der Waals surface area contributed by atoms with Gasteiger partial charge in [0.1, 0.15) is 12.4 Å². The van der Waals surface area contributed by atoms with Crippen LogP contribution in [0.25, 0.3) is 0 Å². The normalized spacial score (nSPS) is 15.6. The van der Waals surface area contributed by atoms with Crippen LogP contribution in [0.4, 0.5) is 19.0 Å². The predicted octanol–water partition coefficient (Wildman–Crippen LogP) is 2.42. The lowest BCUT2D eigenvalue weighted by Gasteiger charge is -2.26. The molecule has 106 valence electrons. The molecule has 0 unspecified atom stereocenters. The van der Waals surface area contributed by atoms with Crippen molar-refractivity contribution in [2.75, 3.05) is 18.0 Å². The Balaban J connectivity index is 2.21. The maximum Gasteiger partial charge on any atom is 0.405 e. The van der Waals surface area contributed by atoms with Crippen molar-refractivity contribution in [3.05, 3.63) is 23.4 Å². The molecule has 1 aromatic heterocycles. The molecule has 1 aromatic rings. The van der Waals surface area contributed by atoms with Gasteiger partial charge in [0.25, 0.3) is 0 Å². The topological polar surface area (TPSA) is 42.1 Å². The largest absolute Gasteiger partial charge is 0.405 e.